The number of nitrogens with zero attached hydrogens (tertiary/aromatic N) is 1. The van der Waals surface area contributed by atoms with Gasteiger partial charge in [0.1, 0.15) is 0 Å². The Labute approximate surface area is 107 Å². The molecule has 3 heteroatoms. The minimum Gasteiger partial charge on any atom is -0.319 e. The Kier molecular flexibility index (Phi) is 3.43. The van der Waals surface area contributed by atoms with Crippen molar-refractivity contribution in [2.45, 2.75) is 26.8 Å². The van der Waals surface area contributed by atoms with Crippen LogP contribution in [0, 0.1) is 13.8 Å². The van der Waals surface area contributed by atoms with Crippen LogP contribution in [0.2, 0.25) is 5.02 Å². The molecule has 0 fully saturated rings. The number of hydrogen-bond acceptors (Lipinski definition) is 1. The summed E-state index contributed by atoms with van der Waals surface area (Å²) in [4.78, 5) is 0. The molecule has 1 unspecified atom stereocenters. The second-order valence-electron chi connectivity index (χ2n) is 4.35. The predicted molar refractivity (Wildman–Crippen MR) is 73.1 cm³/mol. The summed E-state index contributed by atoms with van der Waals surface area (Å²) >= 11 is 5.88. The Morgan fingerprint density at radius 3 is 2.06 bits per heavy atom. The highest BCUT2D eigenvalue weighted by molar-refractivity contribution is 6.30. The van der Waals surface area contributed by atoms with Crippen molar-refractivity contribution in [3.8, 4) is 0 Å². The van der Waals surface area contributed by atoms with E-state index in [2.05, 4.69) is 43.0 Å². The summed E-state index contributed by atoms with van der Waals surface area (Å²) in [5, 5.41) is 0.772. The van der Waals surface area contributed by atoms with Crippen LogP contribution in [-0.2, 0) is 0 Å². The van der Waals surface area contributed by atoms with Crippen LogP contribution in [0.5, 0.6) is 0 Å². The van der Waals surface area contributed by atoms with Gasteiger partial charge in [0.25, 0.3) is 0 Å². The standard InChI is InChI=1S/C14H17ClN2/c1-10-4-5-11(2)17(10)16-12(3)13-6-8-14(15)9-7-13/h4-9,12,16H,1-3H3. The first-order valence-corrected chi connectivity index (χ1v) is 6.12. The monoisotopic (exact) mass is 248 g/mol. The van der Waals surface area contributed by atoms with Gasteiger partial charge < -0.3 is 5.43 Å². The fourth-order valence-corrected chi connectivity index (χ4v) is 2.02. The van der Waals surface area contributed by atoms with Crippen molar-refractivity contribution in [1.82, 2.24) is 4.68 Å². The van der Waals surface area contributed by atoms with E-state index in [0.717, 1.165) is 5.02 Å². The zero-order valence-electron chi connectivity index (χ0n) is 10.4. The fourth-order valence-electron chi connectivity index (χ4n) is 1.89. The lowest BCUT2D eigenvalue weighted by Crippen LogP contribution is -2.20. The topological polar surface area (TPSA) is 17.0 Å². The molecule has 1 heterocycles. The Morgan fingerprint density at radius 2 is 1.53 bits per heavy atom. The molecule has 0 spiro atoms. The molecule has 0 aliphatic rings. The SMILES string of the molecule is Cc1ccc(C)n1NC(C)c1ccc(Cl)cc1. The van der Waals surface area contributed by atoms with E-state index in [1.807, 2.05) is 24.3 Å². The van der Waals surface area contributed by atoms with Crippen LogP contribution >= 0.6 is 11.6 Å². The highest BCUT2D eigenvalue weighted by atomic mass is 35.5. The normalized spacial score (nSPS) is 12.5. The van der Waals surface area contributed by atoms with Gasteiger partial charge in [-0.3, -0.25) is 4.68 Å². The molecule has 0 aliphatic heterocycles. The fraction of sp³-hybridized carbons (Fsp3) is 0.286. The third kappa shape index (κ3) is 2.64. The zero-order valence-corrected chi connectivity index (χ0v) is 11.1. The van der Waals surface area contributed by atoms with Gasteiger partial charge in [-0.1, -0.05) is 23.7 Å². The van der Waals surface area contributed by atoms with Gasteiger partial charge in [-0.2, -0.15) is 0 Å². The third-order valence-electron chi connectivity index (χ3n) is 2.96. The Balaban J connectivity index is 2.17. The molecule has 1 aromatic heterocycles. The Bertz CT molecular complexity index is 480. The summed E-state index contributed by atoms with van der Waals surface area (Å²) in [5.74, 6) is 0. The molecule has 0 amide bonds. The predicted octanol–water partition coefficient (Wildman–Crippen LogP) is 4.06. The van der Waals surface area contributed by atoms with Gasteiger partial charge in [-0.25, -0.2) is 0 Å². The number of hydrogen-bond donors (Lipinski definition) is 1. The smallest absolute Gasteiger partial charge is 0.0645 e. The van der Waals surface area contributed by atoms with Gasteiger partial charge in [0, 0.05) is 16.4 Å². The van der Waals surface area contributed by atoms with Crippen molar-refractivity contribution in [2.75, 3.05) is 5.43 Å². The molecule has 0 aliphatic carbocycles. The number of aromatic nitrogens is 1. The van der Waals surface area contributed by atoms with Crippen LogP contribution in [0.1, 0.15) is 29.9 Å². The minimum atomic E-state index is 0.247. The third-order valence-corrected chi connectivity index (χ3v) is 3.22. The van der Waals surface area contributed by atoms with Crippen LogP contribution < -0.4 is 5.43 Å². The van der Waals surface area contributed by atoms with Gasteiger partial charge in [0.05, 0.1) is 6.04 Å². The molecule has 17 heavy (non-hydrogen) atoms. The summed E-state index contributed by atoms with van der Waals surface area (Å²) in [6, 6.07) is 12.4. The van der Waals surface area contributed by atoms with Crippen molar-refractivity contribution in [3.05, 3.63) is 58.4 Å². The Hall–Kier alpha value is -1.41. The molecule has 1 aromatic carbocycles. The molecule has 1 atom stereocenters. The molecular formula is C14H17ClN2. The van der Waals surface area contributed by atoms with Crippen molar-refractivity contribution in [2.24, 2.45) is 0 Å². The first-order valence-electron chi connectivity index (χ1n) is 5.75. The van der Waals surface area contributed by atoms with E-state index < -0.39 is 0 Å². The lowest BCUT2D eigenvalue weighted by molar-refractivity contribution is 0.699. The van der Waals surface area contributed by atoms with Gasteiger partial charge in [0.2, 0.25) is 0 Å². The van der Waals surface area contributed by atoms with E-state index in [9.17, 15) is 0 Å². The van der Waals surface area contributed by atoms with Crippen LogP contribution in [0.15, 0.2) is 36.4 Å². The molecule has 2 aromatic rings. The summed E-state index contributed by atoms with van der Waals surface area (Å²) < 4.78 is 2.11. The van der Waals surface area contributed by atoms with E-state index >= 15 is 0 Å². The second kappa shape index (κ2) is 4.84. The van der Waals surface area contributed by atoms with Crippen molar-refractivity contribution in [3.63, 3.8) is 0 Å². The summed E-state index contributed by atoms with van der Waals surface area (Å²) in [5.41, 5.74) is 7.11. The Morgan fingerprint density at radius 1 is 1.00 bits per heavy atom. The average Bonchev–Trinajstić information content (AvgIpc) is 2.61. The summed E-state index contributed by atoms with van der Waals surface area (Å²) in [6.45, 7) is 6.32. The van der Waals surface area contributed by atoms with E-state index in [1.54, 1.807) is 0 Å². The number of halogens is 1. The lowest BCUT2D eigenvalue weighted by Gasteiger charge is -2.19. The van der Waals surface area contributed by atoms with Crippen molar-refractivity contribution in [1.29, 1.82) is 0 Å². The van der Waals surface area contributed by atoms with Crippen LogP contribution in [0.3, 0.4) is 0 Å². The molecule has 2 nitrogen and oxygen atoms in total. The zero-order chi connectivity index (χ0) is 12.4. The maximum atomic E-state index is 5.88. The summed E-state index contributed by atoms with van der Waals surface area (Å²) in [6.07, 6.45) is 0. The van der Waals surface area contributed by atoms with Crippen LogP contribution in [0.25, 0.3) is 0 Å². The maximum absolute atomic E-state index is 5.88. The van der Waals surface area contributed by atoms with Crippen molar-refractivity contribution >= 4 is 11.6 Å². The van der Waals surface area contributed by atoms with E-state index in [4.69, 9.17) is 11.6 Å². The molecular weight excluding hydrogens is 232 g/mol. The van der Waals surface area contributed by atoms with Gasteiger partial charge >= 0.3 is 0 Å². The molecule has 2 rings (SSSR count). The quantitative estimate of drug-likeness (QED) is 0.867. The van der Waals surface area contributed by atoms with Crippen molar-refractivity contribution < 1.29 is 0 Å². The lowest BCUT2D eigenvalue weighted by atomic mass is 10.1. The van der Waals surface area contributed by atoms with E-state index in [0.29, 0.717) is 0 Å². The van der Waals surface area contributed by atoms with Gasteiger partial charge in [0.15, 0.2) is 0 Å². The second-order valence-corrected chi connectivity index (χ2v) is 4.79. The number of benzene rings is 1. The van der Waals surface area contributed by atoms with Gasteiger partial charge in [-0.15, -0.1) is 0 Å². The highest BCUT2D eigenvalue weighted by Gasteiger charge is 2.07. The molecule has 1 N–H and O–H groups in total. The molecule has 0 radical (unpaired) electrons. The largest absolute Gasteiger partial charge is 0.319 e. The molecule has 90 valence electrons. The highest BCUT2D eigenvalue weighted by Crippen LogP contribution is 2.18. The average molecular weight is 249 g/mol. The van der Waals surface area contributed by atoms with Crippen LogP contribution in [0.4, 0.5) is 0 Å². The molecule has 0 bridgehead atoms. The molecule has 0 saturated heterocycles. The van der Waals surface area contributed by atoms with Gasteiger partial charge in [-0.05, 0) is 50.6 Å². The maximum Gasteiger partial charge on any atom is 0.0645 e. The number of aryl methyl sites for hydroxylation is 2. The first-order chi connectivity index (χ1) is 8.08. The van der Waals surface area contributed by atoms with Crippen LogP contribution in [-0.4, -0.2) is 4.68 Å². The van der Waals surface area contributed by atoms with E-state index in [-0.39, 0.29) is 6.04 Å². The minimum absolute atomic E-state index is 0.247. The van der Waals surface area contributed by atoms with E-state index in [1.165, 1.54) is 17.0 Å². The number of nitrogens with one attached hydrogen (secondary N) is 1. The number of rotatable bonds is 3. The summed E-state index contributed by atoms with van der Waals surface area (Å²) in [7, 11) is 0. The molecule has 0 saturated carbocycles. The first kappa shape index (κ1) is 12.1.